The monoisotopic (exact) mass is 222 g/mol. The molecule has 0 aromatic carbocycles. The van der Waals surface area contributed by atoms with Crippen LogP contribution in [0.1, 0.15) is 19.3 Å². The maximum Gasteiger partial charge on any atom is 0.0807 e. The average molecular weight is 222 g/mol. The Balaban J connectivity index is 2.10. The van der Waals surface area contributed by atoms with Gasteiger partial charge in [-0.1, -0.05) is 30.4 Å². The molecule has 0 bridgehead atoms. The van der Waals surface area contributed by atoms with E-state index >= 15 is 0 Å². The van der Waals surface area contributed by atoms with Crippen LogP contribution in [0.2, 0.25) is 0 Å². The third-order valence-corrected chi connectivity index (χ3v) is 2.73. The van der Waals surface area contributed by atoms with E-state index in [1.165, 1.54) is 0 Å². The first-order valence-electron chi connectivity index (χ1n) is 5.91. The summed E-state index contributed by atoms with van der Waals surface area (Å²) in [6.07, 6.45) is 13.7. The van der Waals surface area contributed by atoms with Gasteiger partial charge in [-0.25, -0.2) is 0 Å². The molecule has 90 valence electrons. The van der Waals surface area contributed by atoms with Gasteiger partial charge in [0, 0.05) is 13.0 Å². The van der Waals surface area contributed by atoms with Crippen LogP contribution in [0.25, 0.3) is 0 Å². The Morgan fingerprint density at radius 3 is 3.00 bits per heavy atom. The zero-order valence-corrected chi connectivity index (χ0v) is 10.1. The van der Waals surface area contributed by atoms with Gasteiger partial charge in [-0.05, 0) is 19.3 Å². The fourth-order valence-corrected chi connectivity index (χ4v) is 1.68. The van der Waals surface area contributed by atoms with E-state index in [4.69, 9.17) is 9.47 Å². The van der Waals surface area contributed by atoms with Crippen molar-refractivity contribution in [2.24, 2.45) is 5.92 Å². The lowest BCUT2D eigenvalue weighted by Gasteiger charge is -2.17. The van der Waals surface area contributed by atoms with Crippen LogP contribution in [0.15, 0.2) is 37.0 Å². The highest BCUT2D eigenvalue weighted by Gasteiger charge is 2.09. The molecule has 1 aliphatic carbocycles. The normalized spacial score (nSPS) is 20.9. The highest BCUT2D eigenvalue weighted by atomic mass is 16.5. The molecule has 16 heavy (non-hydrogen) atoms. The van der Waals surface area contributed by atoms with E-state index in [-0.39, 0.29) is 6.10 Å². The predicted octanol–water partition coefficient (Wildman–Crippen LogP) is 3.12. The number of hydrogen-bond donors (Lipinski definition) is 0. The average Bonchev–Trinajstić information content (AvgIpc) is 2.35. The largest absolute Gasteiger partial charge is 0.379 e. The van der Waals surface area contributed by atoms with Crippen LogP contribution in [0.4, 0.5) is 0 Å². The van der Waals surface area contributed by atoms with Crippen LogP contribution in [0.3, 0.4) is 0 Å². The molecule has 0 aliphatic heterocycles. The Labute approximate surface area is 98.6 Å². The number of allylic oxidation sites excluding steroid dienone is 4. The maximum atomic E-state index is 5.68. The number of ether oxygens (including phenoxy) is 2. The van der Waals surface area contributed by atoms with Gasteiger partial charge in [-0.15, -0.1) is 6.58 Å². The lowest BCUT2D eigenvalue weighted by Crippen LogP contribution is -2.20. The molecule has 0 saturated carbocycles. The van der Waals surface area contributed by atoms with Crippen LogP contribution in [-0.2, 0) is 9.47 Å². The molecule has 2 nitrogen and oxygen atoms in total. The fourth-order valence-electron chi connectivity index (χ4n) is 1.68. The van der Waals surface area contributed by atoms with Crippen LogP contribution < -0.4 is 0 Å². The van der Waals surface area contributed by atoms with Gasteiger partial charge in [0.25, 0.3) is 0 Å². The highest BCUT2D eigenvalue weighted by molar-refractivity contribution is 5.10. The van der Waals surface area contributed by atoms with Gasteiger partial charge in [0.15, 0.2) is 0 Å². The lowest BCUT2D eigenvalue weighted by molar-refractivity contribution is -0.00167. The van der Waals surface area contributed by atoms with Crippen LogP contribution in [0, 0.1) is 5.92 Å². The van der Waals surface area contributed by atoms with Crippen LogP contribution >= 0.6 is 0 Å². The fraction of sp³-hybridized carbons (Fsp3) is 0.571. The van der Waals surface area contributed by atoms with Crippen molar-refractivity contribution in [2.75, 3.05) is 20.3 Å². The molecule has 0 fully saturated rings. The van der Waals surface area contributed by atoms with Gasteiger partial charge in [-0.2, -0.15) is 0 Å². The summed E-state index contributed by atoms with van der Waals surface area (Å²) in [7, 11) is 1.74. The van der Waals surface area contributed by atoms with Gasteiger partial charge in [-0.3, -0.25) is 0 Å². The van der Waals surface area contributed by atoms with Crippen LogP contribution in [-0.4, -0.2) is 26.4 Å². The van der Waals surface area contributed by atoms with Crippen LogP contribution in [0.5, 0.6) is 0 Å². The summed E-state index contributed by atoms with van der Waals surface area (Å²) in [5.41, 5.74) is 0. The van der Waals surface area contributed by atoms with E-state index in [2.05, 4.69) is 30.9 Å². The van der Waals surface area contributed by atoms with E-state index in [0.29, 0.717) is 12.5 Å². The molecule has 0 heterocycles. The highest BCUT2D eigenvalue weighted by Crippen LogP contribution is 2.12. The standard InChI is InChI=1S/C14H22O2/c1-3-4-10-14(15-2)12-16-11-13-8-6-5-7-9-13/h3,5-8,13-14H,1,4,9-12H2,2H3. The lowest BCUT2D eigenvalue weighted by atomic mass is 10.0. The van der Waals surface area contributed by atoms with Gasteiger partial charge >= 0.3 is 0 Å². The molecule has 2 heteroatoms. The SMILES string of the molecule is C=CCCC(COCC1C=CC=CC1)OC. The molecule has 0 radical (unpaired) electrons. The second-order valence-electron chi connectivity index (χ2n) is 4.07. The zero-order chi connectivity index (χ0) is 11.6. The zero-order valence-electron chi connectivity index (χ0n) is 10.1. The summed E-state index contributed by atoms with van der Waals surface area (Å²) in [5.74, 6) is 0.530. The Kier molecular flexibility index (Phi) is 6.86. The second-order valence-corrected chi connectivity index (χ2v) is 4.07. The number of rotatable bonds is 8. The summed E-state index contributed by atoms with van der Waals surface area (Å²) >= 11 is 0. The molecular formula is C14H22O2. The van der Waals surface area contributed by atoms with E-state index in [1.807, 2.05) is 6.08 Å². The first-order chi connectivity index (χ1) is 7.86. The molecule has 0 spiro atoms. The molecule has 0 saturated heterocycles. The number of hydrogen-bond acceptors (Lipinski definition) is 2. The van der Waals surface area contributed by atoms with Crippen molar-refractivity contribution < 1.29 is 9.47 Å². The predicted molar refractivity (Wildman–Crippen MR) is 67.4 cm³/mol. The van der Waals surface area contributed by atoms with Gasteiger partial charge in [0.05, 0.1) is 19.3 Å². The molecule has 0 amide bonds. The smallest absolute Gasteiger partial charge is 0.0807 e. The third-order valence-electron chi connectivity index (χ3n) is 2.73. The minimum atomic E-state index is 0.195. The third kappa shape index (κ3) is 5.29. The number of methoxy groups -OCH3 is 1. The summed E-state index contributed by atoms with van der Waals surface area (Å²) < 4.78 is 11.0. The Morgan fingerprint density at radius 2 is 2.38 bits per heavy atom. The van der Waals surface area contributed by atoms with Gasteiger partial charge in [0.2, 0.25) is 0 Å². The topological polar surface area (TPSA) is 18.5 Å². The van der Waals surface area contributed by atoms with Crippen molar-refractivity contribution in [3.63, 3.8) is 0 Å². The van der Waals surface area contributed by atoms with Crippen molar-refractivity contribution in [1.29, 1.82) is 0 Å². The Morgan fingerprint density at radius 1 is 1.50 bits per heavy atom. The van der Waals surface area contributed by atoms with Crippen molar-refractivity contribution in [3.8, 4) is 0 Å². The van der Waals surface area contributed by atoms with E-state index in [1.54, 1.807) is 7.11 Å². The molecule has 0 N–H and O–H groups in total. The molecule has 1 aliphatic rings. The van der Waals surface area contributed by atoms with Crippen molar-refractivity contribution in [2.45, 2.75) is 25.4 Å². The molecular weight excluding hydrogens is 200 g/mol. The minimum absolute atomic E-state index is 0.195. The van der Waals surface area contributed by atoms with Crippen molar-refractivity contribution in [3.05, 3.63) is 37.0 Å². The van der Waals surface area contributed by atoms with E-state index in [0.717, 1.165) is 25.9 Å². The summed E-state index contributed by atoms with van der Waals surface area (Å²) in [6, 6.07) is 0. The van der Waals surface area contributed by atoms with Gasteiger partial charge in [0.1, 0.15) is 0 Å². The Bertz CT molecular complexity index is 243. The van der Waals surface area contributed by atoms with Crippen molar-refractivity contribution in [1.82, 2.24) is 0 Å². The summed E-state index contributed by atoms with van der Waals surface area (Å²) in [5, 5.41) is 0. The summed E-state index contributed by atoms with van der Waals surface area (Å²) in [4.78, 5) is 0. The van der Waals surface area contributed by atoms with E-state index in [9.17, 15) is 0 Å². The molecule has 2 unspecified atom stereocenters. The second kappa shape index (κ2) is 8.31. The first-order valence-corrected chi connectivity index (χ1v) is 5.91. The van der Waals surface area contributed by atoms with Gasteiger partial charge < -0.3 is 9.47 Å². The molecule has 0 aromatic rings. The minimum Gasteiger partial charge on any atom is -0.379 e. The molecule has 1 rings (SSSR count). The summed E-state index contributed by atoms with van der Waals surface area (Å²) in [6.45, 7) is 5.17. The quantitative estimate of drug-likeness (QED) is 0.587. The maximum absolute atomic E-state index is 5.68. The molecule has 2 atom stereocenters. The Hall–Kier alpha value is -0.860. The van der Waals surface area contributed by atoms with E-state index < -0.39 is 0 Å². The van der Waals surface area contributed by atoms with Crippen molar-refractivity contribution >= 4 is 0 Å². The first kappa shape index (κ1) is 13.2. The molecule has 0 aromatic heterocycles.